The van der Waals surface area contributed by atoms with Crippen LogP contribution in [0.15, 0.2) is 83.9 Å². The molecule has 0 aliphatic carbocycles. The van der Waals surface area contributed by atoms with E-state index in [1.165, 1.54) is 5.56 Å². The lowest BCUT2D eigenvalue weighted by Gasteiger charge is -2.19. The van der Waals surface area contributed by atoms with Gasteiger partial charge >= 0.3 is 0 Å². The van der Waals surface area contributed by atoms with Crippen molar-refractivity contribution >= 4 is 35.0 Å². The molecule has 0 saturated heterocycles. The number of benzene rings is 3. The highest BCUT2D eigenvalue weighted by molar-refractivity contribution is 7.98. The van der Waals surface area contributed by atoms with Crippen LogP contribution in [0.2, 0.25) is 5.02 Å². The number of aromatic nitrogens is 1. The first-order chi connectivity index (χ1) is 15.8. The molecule has 1 amide bonds. The zero-order valence-electron chi connectivity index (χ0n) is 19.2. The van der Waals surface area contributed by atoms with Crippen LogP contribution in [0.1, 0.15) is 36.7 Å². The maximum Gasteiger partial charge on any atom is 0.256 e. The molecule has 168 valence electrons. The fourth-order valence-electron chi connectivity index (χ4n) is 3.74. The van der Waals surface area contributed by atoms with Crippen molar-refractivity contribution in [3.05, 3.63) is 95.1 Å². The minimum atomic E-state index is -0.155. The van der Waals surface area contributed by atoms with Crippen molar-refractivity contribution in [2.24, 2.45) is 0 Å². The van der Waals surface area contributed by atoms with Crippen molar-refractivity contribution in [1.29, 1.82) is 0 Å². The van der Waals surface area contributed by atoms with E-state index in [0.29, 0.717) is 16.3 Å². The molecule has 1 aromatic heterocycles. The molecule has 4 rings (SSSR count). The van der Waals surface area contributed by atoms with Gasteiger partial charge in [-0.05, 0) is 76.9 Å². The largest absolute Gasteiger partial charge is 0.361 e. The van der Waals surface area contributed by atoms with Crippen molar-refractivity contribution in [3.63, 3.8) is 0 Å². The van der Waals surface area contributed by atoms with E-state index in [2.05, 4.69) is 61.4 Å². The van der Waals surface area contributed by atoms with Crippen molar-refractivity contribution in [3.8, 4) is 22.4 Å². The molecule has 4 aromatic rings. The van der Waals surface area contributed by atoms with Crippen LogP contribution in [0.5, 0.6) is 0 Å². The number of H-pyrrole nitrogens is 1. The van der Waals surface area contributed by atoms with Crippen LogP contribution in [0.3, 0.4) is 0 Å². The van der Waals surface area contributed by atoms with Crippen LogP contribution in [0, 0.1) is 0 Å². The lowest BCUT2D eigenvalue weighted by atomic mass is 9.86. The second kappa shape index (κ2) is 9.50. The highest BCUT2D eigenvalue weighted by Crippen LogP contribution is 2.33. The summed E-state index contributed by atoms with van der Waals surface area (Å²) in [5, 5.41) is 3.68. The predicted molar refractivity (Wildman–Crippen MR) is 142 cm³/mol. The van der Waals surface area contributed by atoms with E-state index in [-0.39, 0.29) is 11.3 Å². The fourth-order valence-corrected chi connectivity index (χ4v) is 4.40. The van der Waals surface area contributed by atoms with Gasteiger partial charge in [0.05, 0.1) is 5.02 Å². The topological polar surface area (TPSA) is 44.9 Å². The quantitative estimate of drug-likeness (QED) is 0.286. The third kappa shape index (κ3) is 5.18. The maximum absolute atomic E-state index is 13.4. The normalized spacial score (nSPS) is 11.4. The summed E-state index contributed by atoms with van der Waals surface area (Å²) >= 11 is 8.05. The number of thioether (sulfide) groups is 1. The Morgan fingerprint density at radius 1 is 0.939 bits per heavy atom. The van der Waals surface area contributed by atoms with Gasteiger partial charge in [0.25, 0.3) is 5.91 Å². The van der Waals surface area contributed by atoms with E-state index in [9.17, 15) is 4.79 Å². The maximum atomic E-state index is 13.4. The number of hydrogen-bond donors (Lipinski definition) is 2. The summed E-state index contributed by atoms with van der Waals surface area (Å²) in [4.78, 5) is 17.6. The van der Waals surface area contributed by atoms with Crippen molar-refractivity contribution in [2.45, 2.75) is 31.1 Å². The molecule has 0 atom stereocenters. The number of nitrogens with one attached hydrogen (secondary N) is 2. The highest BCUT2D eigenvalue weighted by Gasteiger charge is 2.17. The molecule has 3 nitrogen and oxygen atoms in total. The second-order valence-electron chi connectivity index (χ2n) is 8.97. The van der Waals surface area contributed by atoms with Crippen LogP contribution in [-0.4, -0.2) is 17.1 Å². The third-order valence-electron chi connectivity index (χ3n) is 5.65. The van der Waals surface area contributed by atoms with Crippen LogP contribution in [0.4, 0.5) is 5.69 Å². The zero-order valence-corrected chi connectivity index (χ0v) is 20.8. The Labute approximate surface area is 204 Å². The average molecular weight is 475 g/mol. The van der Waals surface area contributed by atoms with Gasteiger partial charge in [-0.3, -0.25) is 4.79 Å². The SMILES string of the molecule is CSc1ccc(C(=O)Nc2ccc(Cl)c(-c3ccc[nH]3)c2)c(-c2ccc(C(C)(C)C)cc2)c1. The molecule has 0 radical (unpaired) electrons. The molecule has 0 aliphatic rings. The molecule has 0 aliphatic heterocycles. The number of rotatable bonds is 5. The average Bonchev–Trinajstić information content (AvgIpc) is 3.34. The number of carbonyl (C=O) groups excluding carboxylic acids is 1. The van der Waals surface area contributed by atoms with Gasteiger partial charge in [-0.1, -0.05) is 56.6 Å². The minimum absolute atomic E-state index is 0.0747. The van der Waals surface area contributed by atoms with Gasteiger partial charge in [0.15, 0.2) is 0 Å². The summed E-state index contributed by atoms with van der Waals surface area (Å²) in [5.41, 5.74) is 6.34. The summed E-state index contributed by atoms with van der Waals surface area (Å²) in [7, 11) is 0. The Kier molecular flexibility index (Phi) is 6.68. The van der Waals surface area contributed by atoms with Crippen LogP contribution in [-0.2, 0) is 5.41 Å². The van der Waals surface area contributed by atoms with Gasteiger partial charge in [-0.2, -0.15) is 0 Å². The summed E-state index contributed by atoms with van der Waals surface area (Å²) in [6, 6.07) is 23.8. The standard InChI is InChI=1S/C28H27ClN2OS/c1-28(2,3)19-9-7-18(8-10-19)23-17-21(33-4)12-13-22(23)27(32)31-20-11-14-25(29)24(16-20)26-6-5-15-30-26/h5-17,30H,1-4H3,(H,31,32). The van der Waals surface area contributed by atoms with E-state index in [0.717, 1.165) is 27.3 Å². The van der Waals surface area contributed by atoms with E-state index in [1.807, 2.05) is 48.9 Å². The zero-order chi connectivity index (χ0) is 23.6. The van der Waals surface area contributed by atoms with Crippen molar-refractivity contribution in [2.75, 3.05) is 11.6 Å². The molecular formula is C28H27ClN2OS. The molecule has 2 N–H and O–H groups in total. The van der Waals surface area contributed by atoms with Gasteiger partial charge in [0.2, 0.25) is 0 Å². The molecule has 33 heavy (non-hydrogen) atoms. The minimum Gasteiger partial charge on any atom is -0.361 e. The van der Waals surface area contributed by atoms with Crippen LogP contribution in [0.25, 0.3) is 22.4 Å². The monoisotopic (exact) mass is 474 g/mol. The number of amides is 1. The van der Waals surface area contributed by atoms with Gasteiger partial charge in [-0.25, -0.2) is 0 Å². The molecule has 0 spiro atoms. The van der Waals surface area contributed by atoms with Gasteiger partial charge < -0.3 is 10.3 Å². The molecule has 5 heteroatoms. The first-order valence-electron chi connectivity index (χ1n) is 10.8. The smallest absolute Gasteiger partial charge is 0.256 e. The Morgan fingerprint density at radius 3 is 2.33 bits per heavy atom. The Balaban J connectivity index is 1.68. The number of anilines is 1. The molecule has 0 unspecified atom stereocenters. The predicted octanol–water partition coefficient (Wildman–Crippen LogP) is 8.27. The van der Waals surface area contributed by atoms with E-state index in [4.69, 9.17) is 11.6 Å². The highest BCUT2D eigenvalue weighted by atomic mass is 35.5. The molecular weight excluding hydrogens is 448 g/mol. The molecule has 1 heterocycles. The number of hydrogen-bond acceptors (Lipinski definition) is 2. The first-order valence-corrected chi connectivity index (χ1v) is 12.4. The van der Waals surface area contributed by atoms with Gasteiger partial charge in [0.1, 0.15) is 0 Å². The summed E-state index contributed by atoms with van der Waals surface area (Å²) in [5.74, 6) is -0.155. The molecule has 0 bridgehead atoms. The summed E-state index contributed by atoms with van der Waals surface area (Å²) < 4.78 is 0. The third-order valence-corrected chi connectivity index (χ3v) is 6.70. The summed E-state index contributed by atoms with van der Waals surface area (Å²) in [6.45, 7) is 6.59. The number of aromatic amines is 1. The van der Waals surface area contributed by atoms with Crippen molar-refractivity contribution in [1.82, 2.24) is 4.98 Å². The van der Waals surface area contributed by atoms with Gasteiger partial charge in [-0.15, -0.1) is 11.8 Å². The van der Waals surface area contributed by atoms with E-state index < -0.39 is 0 Å². The fraction of sp³-hybridized carbons (Fsp3) is 0.179. The van der Waals surface area contributed by atoms with E-state index >= 15 is 0 Å². The lowest BCUT2D eigenvalue weighted by molar-refractivity contribution is 0.102. The molecule has 3 aromatic carbocycles. The summed E-state index contributed by atoms with van der Waals surface area (Å²) in [6.07, 6.45) is 3.89. The van der Waals surface area contributed by atoms with Gasteiger partial charge in [0, 0.05) is 33.6 Å². The molecule has 0 fully saturated rings. The number of carbonyl (C=O) groups is 1. The van der Waals surface area contributed by atoms with Crippen molar-refractivity contribution < 1.29 is 4.79 Å². The Bertz CT molecular complexity index is 1270. The number of halogens is 1. The Morgan fingerprint density at radius 2 is 1.70 bits per heavy atom. The lowest BCUT2D eigenvalue weighted by Crippen LogP contribution is -2.13. The second-order valence-corrected chi connectivity index (χ2v) is 10.3. The van der Waals surface area contributed by atoms with Crippen LogP contribution >= 0.6 is 23.4 Å². The molecule has 0 saturated carbocycles. The first kappa shape index (κ1) is 23.2. The van der Waals surface area contributed by atoms with Crippen LogP contribution < -0.4 is 5.32 Å². The Hall–Kier alpha value is -2.95. The van der Waals surface area contributed by atoms with E-state index in [1.54, 1.807) is 17.8 Å².